The summed E-state index contributed by atoms with van der Waals surface area (Å²) in [4.78, 5) is 98.1. The minimum Gasteiger partial charge on any atom is -0.508 e. The lowest BCUT2D eigenvalue weighted by Gasteiger charge is -2.41. The molecule has 70 heavy (non-hydrogen) atoms. The number of ketones is 3. The zero-order valence-electron chi connectivity index (χ0n) is 44.4. The van der Waals surface area contributed by atoms with Crippen LogP contribution in [0.3, 0.4) is 0 Å². The number of methoxy groups -OCH3 is 2. The minimum atomic E-state index is -1.10. The van der Waals surface area contributed by atoms with E-state index in [1.165, 1.54) is 19.2 Å². The van der Waals surface area contributed by atoms with Gasteiger partial charge in [-0.1, -0.05) is 86.3 Å². The number of hydrogen-bond donors (Lipinski definition) is 4. The van der Waals surface area contributed by atoms with Gasteiger partial charge < -0.3 is 40.3 Å². The summed E-state index contributed by atoms with van der Waals surface area (Å²) in [6.07, 6.45) is 6.49. The average Bonchev–Trinajstić information content (AvgIpc) is 3.79. The van der Waals surface area contributed by atoms with E-state index in [0.717, 1.165) is 32.1 Å². The number of carboxylic acids is 2. The lowest BCUT2D eigenvalue weighted by atomic mass is 9.83. The van der Waals surface area contributed by atoms with E-state index in [1.807, 2.05) is 48.6 Å². The van der Waals surface area contributed by atoms with E-state index in [4.69, 9.17) is 20.3 Å². The fraction of sp³-hybridized carbons (Fsp3) is 0.759. The van der Waals surface area contributed by atoms with Crippen molar-refractivity contribution in [1.82, 2.24) is 14.7 Å². The van der Waals surface area contributed by atoms with Gasteiger partial charge in [0.05, 0.1) is 42.7 Å². The number of ether oxygens (including phenoxy) is 2. The molecule has 16 nitrogen and oxygen atoms in total. The number of phenolic OH excluding ortho intramolecular Hbond substituents is 1. The SMILES string of the molecule is CC[C@H](C)[C@@H]([C@@H](CC(=O)N1CCC[C@H]1[C@H](OC)[C@@H](C)C(=O)C[C@@H](Cc1ccc(O)cc1)C(=O)O)OC)N(C)C(=O)[C@@H](CC(=O)[C@H](C(C)C)N(C)CCCCCC(=O)CCCCC[C@H](N)C(=O)O)C(C)C. The van der Waals surface area contributed by atoms with E-state index in [0.29, 0.717) is 63.6 Å². The summed E-state index contributed by atoms with van der Waals surface area (Å²) in [7, 11) is 6.72. The van der Waals surface area contributed by atoms with Crippen LogP contribution in [0.4, 0.5) is 0 Å². The maximum atomic E-state index is 14.7. The quantitative estimate of drug-likeness (QED) is 0.0487. The van der Waals surface area contributed by atoms with E-state index in [9.17, 15) is 43.8 Å². The second kappa shape index (κ2) is 31.3. The van der Waals surface area contributed by atoms with Crippen LogP contribution in [-0.2, 0) is 49.5 Å². The highest BCUT2D eigenvalue weighted by Gasteiger charge is 2.43. The molecule has 0 saturated carbocycles. The Hall–Kier alpha value is -4.25. The van der Waals surface area contributed by atoms with Gasteiger partial charge in [0.25, 0.3) is 0 Å². The van der Waals surface area contributed by atoms with E-state index in [1.54, 1.807) is 43.0 Å². The number of carbonyl (C=O) groups excluding carboxylic acids is 5. The van der Waals surface area contributed by atoms with Gasteiger partial charge in [0, 0.05) is 65.3 Å². The number of rotatable bonds is 36. The zero-order chi connectivity index (χ0) is 52.8. The molecule has 1 fully saturated rings. The minimum absolute atomic E-state index is 0.00651. The van der Waals surface area contributed by atoms with Crippen LogP contribution < -0.4 is 5.73 Å². The molecule has 1 aromatic rings. The first kappa shape index (κ1) is 61.9. The fourth-order valence-corrected chi connectivity index (χ4v) is 10.4. The van der Waals surface area contributed by atoms with Crippen LogP contribution in [0.25, 0.3) is 0 Å². The Morgan fingerprint density at radius 2 is 1.40 bits per heavy atom. The summed E-state index contributed by atoms with van der Waals surface area (Å²) in [5.41, 5.74) is 6.24. The van der Waals surface area contributed by atoms with Gasteiger partial charge in [-0.3, -0.25) is 38.5 Å². The van der Waals surface area contributed by atoms with Crippen LogP contribution in [0.2, 0.25) is 0 Å². The zero-order valence-corrected chi connectivity index (χ0v) is 44.4. The number of hydrogen-bond acceptors (Lipinski definition) is 12. The van der Waals surface area contributed by atoms with Crippen molar-refractivity contribution in [2.24, 2.45) is 41.2 Å². The Bertz CT molecular complexity index is 1810. The molecular weight excluding hydrogens is 897 g/mol. The first-order valence-electron chi connectivity index (χ1n) is 25.9. The summed E-state index contributed by atoms with van der Waals surface area (Å²) < 4.78 is 12.0. The van der Waals surface area contributed by atoms with Gasteiger partial charge in [-0.25, -0.2) is 0 Å². The average molecular weight is 987 g/mol. The number of Topliss-reactive ketones (excluding diaryl/α,β-unsaturated/α-hetero) is 3. The maximum Gasteiger partial charge on any atom is 0.320 e. The van der Waals surface area contributed by atoms with Gasteiger partial charge in [-0.05, 0) is 94.0 Å². The Balaban J connectivity index is 2.12. The number of nitrogens with zero attached hydrogens (tertiary/aromatic N) is 3. The molecule has 398 valence electrons. The van der Waals surface area contributed by atoms with E-state index < -0.39 is 66.1 Å². The molecule has 2 rings (SSSR count). The Kier molecular flexibility index (Phi) is 27.6. The first-order valence-corrected chi connectivity index (χ1v) is 25.9. The Morgan fingerprint density at radius 3 is 1.93 bits per heavy atom. The molecule has 0 unspecified atom stereocenters. The number of aliphatic carboxylic acids is 2. The number of likely N-dealkylation sites (N-methyl/N-ethyl adjacent to an activating group) is 2. The largest absolute Gasteiger partial charge is 0.508 e. The van der Waals surface area contributed by atoms with Crippen molar-refractivity contribution < 1.29 is 58.4 Å². The van der Waals surface area contributed by atoms with Gasteiger partial charge in [0.15, 0.2) is 5.78 Å². The van der Waals surface area contributed by atoms with Crippen molar-refractivity contribution in [2.45, 2.75) is 188 Å². The monoisotopic (exact) mass is 987 g/mol. The van der Waals surface area contributed by atoms with Gasteiger partial charge >= 0.3 is 11.9 Å². The molecule has 0 aromatic heterocycles. The van der Waals surface area contributed by atoms with Crippen LogP contribution in [0, 0.1) is 35.5 Å². The topological polar surface area (TPSA) is 234 Å². The number of carbonyl (C=O) groups is 7. The highest BCUT2D eigenvalue weighted by molar-refractivity contribution is 5.90. The lowest BCUT2D eigenvalue weighted by molar-refractivity contribution is -0.149. The number of nitrogens with two attached hydrogens (primary N) is 1. The fourth-order valence-electron chi connectivity index (χ4n) is 10.4. The van der Waals surface area contributed by atoms with E-state index in [-0.39, 0.29) is 78.4 Å². The number of aromatic hydroxyl groups is 1. The number of amides is 2. The summed E-state index contributed by atoms with van der Waals surface area (Å²) >= 11 is 0. The number of phenols is 1. The molecule has 1 saturated heterocycles. The molecule has 2 amide bonds. The number of likely N-dealkylation sites (tertiary alicyclic amines) is 1. The molecule has 0 aliphatic carbocycles. The summed E-state index contributed by atoms with van der Waals surface area (Å²) in [6, 6.07) is 4.03. The third kappa shape index (κ3) is 19.4. The van der Waals surface area contributed by atoms with Crippen LogP contribution >= 0.6 is 0 Å². The van der Waals surface area contributed by atoms with Crippen LogP contribution in [-0.4, -0.2) is 149 Å². The first-order chi connectivity index (χ1) is 33.0. The molecule has 1 heterocycles. The normalized spacial score (nSPS) is 17.9. The third-order valence-electron chi connectivity index (χ3n) is 14.8. The molecule has 1 aliphatic heterocycles. The predicted molar refractivity (Wildman–Crippen MR) is 270 cm³/mol. The molecule has 0 bridgehead atoms. The number of unbranched alkanes of at least 4 members (excludes halogenated alkanes) is 4. The van der Waals surface area contributed by atoms with E-state index in [2.05, 4.69) is 4.90 Å². The smallest absolute Gasteiger partial charge is 0.320 e. The molecule has 16 heteroatoms. The maximum absolute atomic E-state index is 14.7. The summed E-state index contributed by atoms with van der Waals surface area (Å²) in [6.45, 7) is 14.8. The Morgan fingerprint density at radius 1 is 0.786 bits per heavy atom. The lowest BCUT2D eigenvalue weighted by Crippen LogP contribution is -2.54. The molecule has 0 spiro atoms. The standard InChI is InChI=1S/C54H90N4O12/c1-12-36(6)50(47(69-10)33-48(63)58-29-19-23-44(58)51(70-11)37(7)45(61)31-39(53(65)66)30-38-24-26-41(60)27-25-38)57(9)52(64)42(34(2)3)32-46(62)49(35(4)5)56(8)28-18-14-16-21-40(59)20-15-13-17-22-43(55)54(67)68/h24-27,34-37,39,42-44,47,49-51,60H,12-23,28-33,55H2,1-11H3,(H,65,66)(H,67,68)/t36-,37-,39+,42-,43-,44-,47+,49-,50-,51+/m0/s1. The molecule has 0 radical (unpaired) electrons. The number of carboxylic acid groups (broad SMARTS) is 2. The Labute approximate surface area is 418 Å². The van der Waals surface area contributed by atoms with Gasteiger partial charge in [0.2, 0.25) is 11.8 Å². The molecule has 5 N–H and O–H groups in total. The summed E-state index contributed by atoms with van der Waals surface area (Å²) in [5, 5.41) is 28.6. The number of benzene rings is 1. The summed E-state index contributed by atoms with van der Waals surface area (Å²) in [5.74, 6) is -5.05. The van der Waals surface area contributed by atoms with Crippen LogP contribution in [0.1, 0.15) is 150 Å². The van der Waals surface area contributed by atoms with E-state index >= 15 is 0 Å². The van der Waals surface area contributed by atoms with Crippen LogP contribution in [0.15, 0.2) is 24.3 Å². The highest BCUT2D eigenvalue weighted by Crippen LogP contribution is 2.32. The van der Waals surface area contributed by atoms with Crippen molar-refractivity contribution in [3.63, 3.8) is 0 Å². The van der Waals surface area contributed by atoms with Gasteiger partial charge in [-0.2, -0.15) is 0 Å². The second-order valence-corrected chi connectivity index (χ2v) is 20.7. The van der Waals surface area contributed by atoms with Crippen molar-refractivity contribution in [3.8, 4) is 5.75 Å². The second-order valence-electron chi connectivity index (χ2n) is 20.7. The molecule has 1 aliphatic rings. The predicted octanol–water partition coefficient (Wildman–Crippen LogP) is 7.19. The van der Waals surface area contributed by atoms with Crippen molar-refractivity contribution in [2.75, 3.05) is 41.4 Å². The van der Waals surface area contributed by atoms with Crippen LogP contribution in [0.5, 0.6) is 5.75 Å². The molecular formula is C54H90N4O12. The third-order valence-corrected chi connectivity index (χ3v) is 14.8. The van der Waals surface area contributed by atoms with Crippen molar-refractivity contribution >= 4 is 41.1 Å². The molecule has 1 aromatic carbocycles. The van der Waals surface area contributed by atoms with Gasteiger partial charge in [0.1, 0.15) is 23.4 Å². The van der Waals surface area contributed by atoms with Crippen molar-refractivity contribution in [1.29, 1.82) is 0 Å². The molecule has 10 atom stereocenters. The van der Waals surface area contributed by atoms with Gasteiger partial charge in [-0.15, -0.1) is 0 Å². The highest BCUT2D eigenvalue weighted by atomic mass is 16.5. The van der Waals surface area contributed by atoms with Crippen molar-refractivity contribution in [3.05, 3.63) is 29.8 Å².